The van der Waals surface area contributed by atoms with Crippen molar-refractivity contribution in [1.82, 2.24) is 10.2 Å². The molecule has 1 aromatic rings. The van der Waals surface area contributed by atoms with Crippen LogP contribution in [0, 0.1) is 0 Å². The summed E-state index contributed by atoms with van der Waals surface area (Å²) >= 11 is 0. The quantitative estimate of drug-likeness (QED) is 0.885. The second-order valence-electron chi connectivity index (χ2n) is 6.51. The van der Waals surface area contributed by atoms with Crippen LogP contribution in [0.4, 0.5) is 0 Å². The van der Waals surface area contributed by atoms with Gasteiger partial charge in [0.15, 0.2) is 0 Å². The van der Waals surface area contributed by atoms with Gasteiger partial charge < -0.3 is 19.7 Å². The van der Waals surface area contributed by atoms with Crippen molar-refractivity contribution in [2.24, 2.45) is 0 Å². The Morgan fingerprint density at radius 3 is 2.68 bits per heavy atom. The summed E-state index contributed by atoms with van der Waals surface area (Å²) in [5.41, 5.74) is 0.603. The largest absolute Gasteiger partial charge is 0.493 e. The summed E-state index contributed by atoms with van der Waals surface area (Å²) in [4.78, 5) is 26.7. The number of carbonyl (C=O) groups excluding carboxylic acids is 2. The lowest BCUT2D eigenvalue weighted by Crippen LogP contribution is -2.48. The molecule has 0 aromatic heterocycles. The first kappa shape index (κ1) is 17.7. The second kappa shape index (κ2) is 8.34. The van der Waals surface area contributed by atoms with E-state index >= 15 is 0 Å². The van der Waals surface area contributed by atoms with Gasteiger partial charge in [-0.25, -0.2) is 0 Å². The number of nitrogens with one attached hydrogen (secondary N) is 1. The molecule has 25 heavy (non-hydrogen) atoms. The normalized spacial score (nSPS) is 21.2. The highest BCUT2D eigenvalue weighted by molar-refractivity contribution is 5.97. The van der Waals surface area contributed by atoms with Crippen LogP contribution < -0.4 is 10.1 Å². The zero-order valence-corrected chi connectivity index (χ0v) is 14.7. The molecule has 6 nitrogen and oxygen atoms in total. The first-order chi connectivity index (χ1) is 12.2. The third-order valence-corrected chi connectivity index (χ3v) is 4.77. The Bertz CT molecular complexity index is 605. The van der Waals surface area contributed by atoms with E-state index in [4.69, 9.17) is 9.47 Å². The van der Waals surface area contributed by atoms with E-state index in [1.165, 1.54) is 0 Å². The van der Waals surface area contributed by atoms with Crippen molar-refractivity contribution in [3.63, 3.8) is 0 Å². The minimum Gasteiger partial charge on any atom is -0.493 e. The van der Waals surface area contributed by atoms with Gasteiger partial charge in [-0.05, 0) is 44.7 Å². The maximum atomic E-state index is 12.8. The molecule has 1 aromatic carbocycles. The molecule has 2 fully saturated rings. The summed E-state index contributed by atoms with van der Waals surface area (Å²) in [6.07, 6.45) is 2.99. The molecule has 1 atom stereocenters. The molecule has 0 radical (unpaired) electrons. The average Bonchev–Trinajstić information content (AvgIpc) is 3.17. The van der Waals surface area contributed by atoms with Gasteiger partial charge in [0.25, 0.3) is 5.91 Å². The van der Waals surface area contributed by atoms with Crippen molar-refractivity contribution in [2.45, 2.75) is 44.8 Å². The SMILES string of the molecule is CCOc1ccccc1C(=O)N1CCC(NC(=O)[C@@H]2CCCO2)CC1. The first-order valence-electron chi connectivity index (χ1n) is 9.12. The number of carbonyl (C=O) groups is 2. The summed E-state index contributed by atoms with van der Waals surface area (Å²) in [6.45, 7) is 4.38. The predicted molar refractivity (Wildman–Crippen MR) is 93.7 cm³/mol. The van der Waals surface area contributed by atoms with Gasteiger partial charge in [-0.3, -0.25) is 9.59 Å². The number of benzene rings is 1. The van der Waals surface area contributed by atoms with E-state index in [1.54, 1.807) is 6.07 Å². The molecule has 0 aliphatic carbocycles. The number of hydrogen-bond acceptors (Lipinski definition) is 4. The molecular weight excluding hydrogens is 320 g/mol. The van der Waals surface area contributed by atoms with E-state index in [2.05, 4.69) is 5.32 Å². The Kier molecular flexibility index (Phi) is 5.91. The van der Waals surface area contributed by atoms with Crippen LogP contribution in [-0.2, 0) is 9.53 Å². The lowest BCUT2D eigenvalue weighted by molar-refractivity contribution is -0.131. The Balaban J connectivity index is 1.53. The number of ether oxygens (including phenoxy) is 2. The zero-order chi connectivity index (χ0) is 17.6. The van der Waals surface area contributed by atoms with Gasteiger partial charge in [0.05, 0.1) is 12.2 Å². The van der Waals surface area contributed by atoms with Crippen LogP contribution in [0.15, 0.2) is 24.3 Å². The van der Waals surface area contributed by atoms with E-state index in [0.717, 1.165) is 25.7 Å². The van der Waals surface area contributed by atoms with Crippen LogP contribution in [0.2, 0.25) is 0 Å². The molecule has 136 valence electrons. The van der Waals surface area contributed by atoms with Gasteiger partial charge in [-0.15, -0.1) is 0 Å². The molecule has 2 heterocycles. The van der Waals surface area contributed by atoms with Crippen LogP contribution in [0.25, 0.3) is 0 Å². The highest BCUT2D eigenvalue weighted by Crippen LogP contribution is 2.22. The fourth-order valence-corrected chi connectivity index (χ4v) is 3.40. The number of rotatable bonds is 5. The molecule has 2 amide bonds. The first-order valence-corrected chi connectivity index (χ1v) is 9.12. The molecule has 3 rings (SSSR count). The van der Waals surface area contributed by atoms with E-state index < -0.39 is 0 Å². The highest BCUT2D eigenvalue weighted by atomic mass is 16.5. The number of nitrogens with zero attached hydrogens (tertiary/aromatic N) is 1. The van der Waals surface area contributed by atoms with Crippen molar-refractivity contribution < 1.29 is 19.1 Å². The van der Waals surface area contributed by atoms with Gasteiger partial charge in [0.1, 0.15) is 11.9 Å². The second-order valence-corrected chi connectivity index (χ2v) is 6.51. The Labute approximate surface area is 148 Å². The summed E-state index contributed by atoms with van der Waals surface area (Å²) in [7, 11) is 0. The summed E-state index contributed by atoms with van der Waals surface area (Å²) in [5.74, 6) is 0.612. The van der Waals surface area contributed by atoms with E-state index in [0.29, 0.717) is 37.6 Å². The fraction of sp³-hybridized carbons (Fsp3) is 0.579. The Hall–Kier alpha value is -2.08. The fourth-order valence-electron chi connectivity index (χ4n) is 3.40. The third-order valence-electron chi connectivity index (χ3n) is 4.77. The number of piperidine rings is 1. The van der Waals surface area contributed by atoms with E-state index in [-0.39, 0.29) is 24.0 Å². The highest BCUT2D eigenvalue weighted by Gasteiger charge is 2.29. The van der Waals surface area contributed by atoms with E-state index in [9.17, 15) is 9.59 Å². The van der Waals surface area contributed by atoms with Gasteiger partial charge in [-0.1, -0.05) is 12.1 Å². The van der Waals surface area contributed by atoms with Crippen LogP contribution in [0.3, 0.4) is 0 Å². The predicted octanol–water partition coefficient (Wildman–Crippen LogP) is 1.99. The molecule has 0 spiro atoms. The molecule has 2 aliphatic heterocycles. The zero-order valence-electron chi connectivity index (χ0n) is 14.7. The molecule has 1 N–H and O–H groups in total. The number of hydrogen-bond donors (Lipinski definition) is 1. The molecule has 2 aliphatic rings. The third kappa shape index (κ3) is 4.31. The van der Waals surface area contributed by atoms with Crippen molar-refractivity contribution >= 4 is 11.8 Å². The van der Waals surface area contributed by atoms with Gasteiger partial charge in [0.2, 0.25) is 5.91 Å². The van der Waals surface area contributed by atoms with Crippen LogP contribution in [0.1, 0.15) is 43.0 Å². The standard InChI is InChI=1S/C19H26N2O4/c1-2-24-16-7-4-3-6-15(16)19(23)21-11-9-14(10-12-21)20-18(22)17-8-5-13-25-17/h3-4,6-7,14,17H,2,5,8-13H2,1H3,(H,20,22)/t17-/m0/s1. The lowest BCUT2D eigenvalue weighted by Gasteiger charge is -2.33. The maximum Gasteiger partial charge on any atom is 0.257 e. The Morgan fingerprint density at radius 2 is 2.00 bits per heavy atom. The topological polar surface area (TPSA) is 67.9 Å². The van der Waals surface area contributed by atoms with Crippen LogP contribution >= 0.6 is 0 Å². The maximum absolute atomic E-state index is 12.8. The van der Waals surface area contributed by atoms with Crippen molar-refractivity contribution in [3.8, 4) is 5.75 Å². The van der Waals surface area contributed by atoms with E-state index in [1.807, 2.05) is 30.0 Å². The summed E-state index contributed by atoms with van der Waals surface area (Å²) in [5, 5.41) is 3.07. The summed E-state index contributed by atoms with van der Waals surface area (Å²) < 4.78 is 11.0. The minimum absolute atomic E-state index is 0.00653. The van der Waals surface area contributed by atoms with Gasteiger partial charge in [0, 0.05) is 25.7 Å². The van der Waals surface area contributed by atoms with Crippen molar-refractivity contribution in [3.05, 3.63) is 29.8 Å². The number of amides is 2. The van der Waals surface area contributed by atoms with Gasteiger partial charge in [-0.2, -0.15) is 0 Å². The smallest absolute Gasteiger partial charge is 0.257 e. The van der Waals surface area contributed by atoms with Crippen molar-refractivity contribution in [2.75, 3.05) is 26.3 Å². The molecule has 6 heteroatoms. The van der Waals surface area contributed by atoms with Crippen LogP contribution in [0.5, 0.6) is 5.75 Å². The molecule has 0 saturated carbocycles. The summed E-state index contributed by atoms with van der Waals surface area (Å²) in [6, 6.07) is 7.46. The average molecular weight is 346 g/mol. The van der Waals surface area contributed by atoms with Gasteiger partial charge >= 0.3 is 0 Å². The molecule has 0 bridgehead atoms. The minimum atomic E-state index is -0.294. The van der Waals surface area contributed by atoms with Crippen LogP contribution in [-0.4, -0.2) is 55.2 Å². The molecule has 0 unspecified atom stereocenters. The molecular formula is C19H26N2O4. The van der Waals surface area contributed by atoms with Crippen molar-refractivity contribution in [1.29, 1.82) is 0 Å². The lowest BCUT2D eigenvalue weighted by atomic mass is 10.0. The molecule has 2 saturated heterocycles. The number of para-hydroxylation sites is 1. The Morgan fingerprint density at radius 1 is 1.24 bits per heavy atom. The monoisotopic (exact) mass is 346 g/mol. The number of likely N-dealkylation sites (tertiary alicyclic amines) is 1.